The quantitative estimate of drug-likeness (QED) is 0.144. The number of rotatable bonds is 9. The van der Waals surface area contributed by atoms with Gasteiger partial charge in [0, 0.05) is 67.0 Å². The maximum Gasteiger partial charge on any atom is 0.131 e. The number of hydrogen-bond acceptors (Lipinski definition) is 4. The van der Waals surface area contributed by atoms with Gasteiger partial charge >= 0.3 is 0 Å². The van der Waals surface area contributed by atoms with Crippen molar-refractivity contribution in [3.63, 3.8) is 0 Å². The van der Waals surface area contributed by atoms with Gasteiger partial charge in [-0.25, -0.2) is 0 Å². The number of para-hydroxylation sites is 4. The summed E-state index contributed by atoms with van der Waals surface area (Å²) in [6, 6.07) is 78.4. The normalized spacial score (nSPS) is 14.4. The van der Waals surface area contributed by atoms with Crippen LogP contribution in [-0.4, -0.2) is 0 Å². The molecule has 0 saturated heterocycles. The van der Waals surface area contributed by atoms with Crippen LogP contribution in [0.5, 0.6) is 23.0 Å². The van der Waals surface area contributed by atoms with Crippen molar-refractivity contribution in [2.75, 3.05) is 9.80 Å². The molecular formula is C90H100N2O2. The minimum atomic E-state index is -0.389. The fraction of sp³-hybridized carbons (Fsp3) is 0.333. The van der Waals surface area contributed by atoms with Gasteiger partial charge in [0.2, 0.25) is 0 Å². The molecule has 4 heteroatoms. The first-order chi connectivity index (χ1) is 43.8. The molecule has 0 spiro atoms. The molecule has 0 amide bonds. The average molecular weight is 1240 g/mol. The predicted molar refractivity (Wildman–Crippen MR) is 402 cm³/mol. The summed E-state index contributed by atoms with van der Waals surface area (Å²) in [4.78, 5) is 5.09. The first kappa shape index (κ1) is 65.5. The second kappa shape index (κ2) is 23.1. The van der Waals surface area contributed by atoms with Crippen molar-refractivity contribution in [2.24, 2.45) is 0 Å². The molecule has 0 radical (unpaired) electrons. The van der Waals surface area contributed by atoms with Crippen LogP contribution in [0.1, 0.15) is 208 Å². The SMILES string of the molecule is CC(C)(C)c1cc(-c2cc(N(c3ccc4c(c3)C(C)(C)c3ccccc3O4)c3ccccc3-c3cc(C(C)(C)C)cc(C(C)(C)C)c3)cc(N(c3ccc4c(c3)C(C)(C)c3ccccc3O4)c3ccccc3-c3cc(C(C)(C)C)cc(C(C)(C)C)c3)c2)cc(C(C)(C)C)c1. The smallest absolute Gasteiger partial charge is 0.131 e. The molecule has 2 aliphatic heterocycles. The minimum absolute atomic E-state index is 0.106. The Kier molecular flexibility index (Phi) is 16.1. The van der Waals surface area contributed by atoms with Crippen molar-refractivity contribution in [3.8, 4) is 56.4 Å². The van der Waals surface area contributed by atoms with Gasteiger partial charge in [-0.2, -0.15) is 0 Å². The van der Waals surface area contributed by atoms with Crippen LogP contribution < -0.4 is 19.3 Å². The van der Waals surface area contributed by atoms with Crippen LogP contribution in [-0.2, 0) is 43.3 Å². The van der Waals surface area contributed by atoms with Gasteiger partial charge < -0.3 is 19.3 Å². The minimum Gasteiger partial charge on any atom is -0.457 e. The number of hydrogen-bond donors (Lipinski definition) is 0. The summed E-state index contributed by atoms with van der Waals surface area (Å²) in [5.74, 6) is 3.53. The van der Waals surface area contributed by atoms with E-state index >= 15 is 0 Å². The van der Waals surface area contributed by atoms with E-state index in [0.717, 1.165) is 102 Å². The van der Waals surface area contributed by atoms with Crippen LogP contribution in [0.15, 0.2) is 206 Å². The Balaban J connectivity index is 1.23. The topological polar surface area (TPSA) is 24.9 Å². The Morgan fingerprint density at radius 3 is 0.851 bits per heavy atom. The van der Waals surface area contributed by atoms with Crippen LogP contribution in [0.25, 0.3) is 33.4 Å². The lowest BCUT2D eigenvalue weighted by Crippen LogP contribution is -2.25. The zero-order valence-corrected chi connectivity index (χ0v) is 60.3. The Bertz CT molecular complexity index is 4220. The van der Waals surface area contributed by atoms with E-state index in [0.29, 0.717) is 0 Å². The molecule has 2 heterocycles. The highest BCUT2D eigenvalue weighted by Gasteiger charge is 2.38. The predicted octanol–water partition coefficient (Wildman–Crippen LogP) is 26.3. The lowest BCUT2D eigenvalue weighted by Gasteiger charge is -2.37. The van der Waals surface area contributed by atoms with E-state index < -0.39 is 0 Å². The molecule has 94 heavy (non-hydrogen) atoms. The van der Waals surface area contributed by atoms with Gasteiger partial charge in [-0.05, 0) is 167 Å². The van der Waals surface area contributed by atoms with Crippen molar-refractivity contribution in [1.82, 2.24) is 0 Å². The Morgan fingerprint density at radius 2 is 0.521 bits per heavy atom. The summed E-state index contributed by atoms with van der Waals surface area (Å²) in [6.07, 6.45) is 0. The molecule has 0 N–H and O–H groups in total. The number of anilines is 6. The average Bonchev–Trinajstić information content (AvgIpc) is 0.743. The second-order valence-corrected chi connectivity index (χ2v) is 34.1. The van der Waals surface area contributed by atoms with E-state index in [4.69, 9.17) is 9.47 Å². The van der Waals surface area contributed by atoms with Crippen molar-refractivity contribution in [2.45, 2.75) is 196 Å². The monoisotopic (exact) mass is 1240 g/mol. The first-order valence-electron chi connectivity index (χ1n) is 34.1. The largest absolute Gasteiger partial charge is 0.457 e. The summed E-state index contributed by atoms with van der Waals surface area (Å²) in [5.41, 5.74) is 24.0. The second-order valence-electron chi connectivity index (χ2n) is 34.1. The molecule has 4 nitrogen and oxygen atoms in total. The highest BCUT2D eigenvalue weighted by molar-refractivity contribution is 5.95. The van der Waals surface area contributed by atoms with E-state index in [9.17, 15) is 0 Å². The van der Waals surface area contributed by atoms with Gasteiger partial charge in [0.1, 0.15) is 23.0 Å². The number of ether oxygens (including phenoxy) is 2. The lowest BCUT2D eigenvalue weighted by atomic mass is 9.75. The molecule has 0 bridgehead atoms. The molecular weight excluding hydrogens is 1140 g/mol. The molecule has 0 saturated carbocycles. The van der Waals surface area contributed by atoms with Crippen molar-refractivity contribution in [3.05, 3.63) is 262 Å². The summed E-state index contributed by atoms with van der Waals surface area (Å²) in [7, 11) is 0. The molecule has 10 aromatic rings. The van der Waals surface area contributed by atoms with Crippen LogP contribution in [0.4, 0.5) is 34.1 Å². The van der Waals surface area contributed by atoms with Gasteiger partial charge in [0.25, 0.3) is 0 Å². The van der Waals surface area contributed by atoms with Gasteiger partial charge in [0.05, 0.1) is 11.4 Å². The maximum absolute atomic E-state index is 6.88. The molecule has 0 atom stereocenters. The van der Waals surface area contributed by atoms with Crippen molar-refractivity contribution in [1.29, 1.82) is 0 Å². The Labute approximate surface area is 564 Å². The molecule has 0 aromatic heterocycles. The number of fused-ring (bicyclic) bond motifs is 4. The van der Waals surface area contributed by atoms with E-state index in [1.54, 1.807) is 0 Å². The molecule has 0 fully saturated rings. The molecule has 12 rings (SSSR count). The summed E-state index contributed by atoms with van der Waals surface area (Å²) >= 11 is 0. The number of benzene rings is 10. The van der Waals surface area contributed by atoms with Crippen LogP contribution >= 0.6 is 0 Å². The molecule has 0 aliphatic carbocycles. The molecule has 2 aliphatic rings. The fourth-order valence-electron chi connectivity index (χ4n) is 13.8. The van der Waals surface area contributed by atoms with Crippen molar-refractivity contribution < 1.29 is 9.47 Å². The van der Waals surface area contributed by atoms with E-state index in [-0.39, 0.29) is 43.3 Å². The summed E-state index contributed by atoms with van der Waals surface area (Å²) in [5, 5.41) is 0. The fourth-order valence-corrected chi connectivity index (χ4v) is 13.8. The molecule has 482 valence electrons. The third-order valence-electron chi connectivity index (χ3n) is 20.0. The molecule has 0 unspecified atom stereocenters. The number of nitrogens with zero attached hydrogens (tertiary/aromatic N) is 2. The van der Waals surface area contributed by atoms with Gasteiger partial charge in [-0.15, -0.1) is 0 Å². The van der Waals surface area contributed by atoms with Crippen molar-refractivity contribution >= 4 is 34.1 Å². The van der Waals surface area contributed by atoms with Gasteiger partial charge in [0.15, 0.2) is 0 Å². The highest BCUT2D eigenvalue weighted by atomic mass is 16.5. The Morgan fingerprint density at radius 1 is 0.245 bits per heavy atom. The van der Waals surface area contributed by atoms with Gasteiger partial charge in [-0.3, -0.25) is 0 Å². The van der Waals surface area contributed by atoms with Crippen LogP contribution in [0, 0.1) is 0 Å². The lowest BCUT2D eigenvalue weighted by molar-refractivity contribution is 0.418. The summed E-state index contributed by atoms with van der Waals surface area (Å²) < 4.78 is 13.8. The Hall–Kier alpha value is -8.60. The van der Waals surface area contributed by atoms with Crippen LogP contribution in [0.3, 0.4) is 0 Å². The standard InChI is InChI=1S/C90H100N2O2/c1-83(2,3)61-43-57(44-62(51-61)84(4,5)6)58-49-69(91(67-39-41-81-75(55-67)89(19,20)73-33-25-29-37-79(73)93-81)77-35-27-23-31-71(77)59-45-63(85(7,8)9)52-64(46-59)86(10,11)12)54-70(50-58)92(68-40-42-82-76(56-68)90(21,22)74-34-26-30-38-80(74)94-82)78-36-28-24-32-72(78)60-47-65(87(13,14)15)53-66(48-60)88(16,17)18/h23-56H,1-22H3. The summed E-state index contributed by atoms with van der Waals surface area (Å²) in [6.45, 7) is 51.5. The molecule has 10 aromatic carbocycles. The van der Waals surface area contributed by atoms with Crippen LogP contribution in [0.2, 0.25) is 0 Å². The van der Waals surface area contributed by atoms with E-state index in [2.05, 4.69) is 368 Å². The van der Waals surface area contributed by atoms with E-state index in [1.807, 2.05) is 0 Å². The zero-order chi connectivity index (χ0) is 67.6. The third kappa shape index (κ3) is 12.4. The maximum atomic E-state index is 6.88. The van der Waals surface area contributed by atoms with E-state index in [1.165, 1.54) is 44.5 Å². The zero-order valence-electron chi connectivity index (χ0n) is 60.3. The highest BCUT2D eigenvalue weighted by Crippen LogP contribution is 2.55. The van der Waals surface area contributed by atoms with Gasteiger partial charge in [-0.1, -0.05) is 280 Å². The third-order valence-corrected chi connectivity index (χ3v) is 20.0. The first-order valence-corrected chi connectivity index (χ1v) is 34.1.